The van der Waals surface area contributed by atoms with Crippen LogP contribution in [0.4, 0.5) is 10.6 Å². The number of halogens is 1. The quantitative estimate of drug-likeness (QED) is 0.632. The van der Waals surface area contributed by atoms with Crippen LogP contribution in [0, 0.1) is 16.7 Å². The molecular formula is C21H27ClN6O4. The van der Waals surface area contributed by atoms with Gasteiger partial charge < -0.3 is 19.5 Å². The van der Waals surface area contributed by atoms with Gasteiger partial charge in [0.2, 0.25) is 0 Å². The fraction of sp³-hybridized carbons (Fsp3) is 0.714. The van der Waals surface area contributed by atoms with E-state index in [4.69, 9.17) is 21.1 Å². The minimum Gasteiger partial charge on any atom is -0.465 e. The molecule has 0 spiro atoms. The second kappa shape index (κ2) is 8.54. The van der Waals surface area contributed by atoms with E-state index in [1.54, 1.807) is 0 Å². The van der Waals surface area contributed by atoms with Crippen LogP contribution in [-0.4, -0.2) is 95.6 Å². The van der Waals surface area contributed by atoms with E-state index in [0.29, 0.717) is 25.5 Å². The molecular weight excluding hydrogens is 436 g/mol. The second-order valence-electron chi connectivity index (χ2n) is 9.26. The molecule has 4 heterocycles. The van der Waals surface area contributed by atoms with Gasteiger partial charge in [0.15, 0.2) is 11.0 Å². The number of aromatic nitrogens is 2. The zero-order valence-electron chi connectivity index (χ0n) is 17.9. The third-order valence-electron chi connectivity index (χ3n) is 7.07. The van der Waals surface area contributed by atoms with E-state index in [0.717, 1.165) is 58.5 Å². The smallest absolute Gasteiger partial charge is 0.407 e. The van der Waals surface area contributed by atoms with Crippen LogP contribution >= 0.6 is 11.6 Å². The van der Waals surface area contributed by atoms with Crippen molar-refractivity contribution in [1.29, 1.82) is 5.26 Å². The number of rotatable bonds is 6. The van der Waals surface area contributed by atoms with Crippen LogP contribution in [0.3, 0.4) is 0 Å². The number of ether oxygens (including phenoxy) is 2. The maximum atomic E-state index is 11.6. The number of amides is 1. The van der Waals surface area contributed by atoms with Gasteiger partial charge in [-0.05, 0) is 25.7 Å². The molecule has 4 aliphatic rings. The first kappa shape index (κ1) is 21.5. The standard InChI is InChI=1S/C21H27ClN6O4/c22-17-16(9-23)18(27-10-14-1-2-15(11-27)28(14)20(29)30)25-19(24-17)32-13-21(3-4-21)12-26-5-7-31-8-6-26/h14-15H,1-8,10-13H2,(H,29,30)/t14-,15?/m0/s1. The lowest BCUT2D eigenvalue weighted by atomic mass is 10.1. The van der Waals surface area contributed by atoms with Crippen molar-refractivity contribution >= 4 is 23.5 Å². The number of fused-ring (bicyclic) bond motifs is 2. The van der Waals surface area contributed by atoms with Crippen molar-refractivity contribution in [3.8, 4) is 12.1 Å². The van der Waals surface area contributed by atoms with Crippen molar-refractivity contribution in [2.24, 2.45) is 5.41 Å². The van der Waals surface area contributed by atoms with Crippen LogP contribution in [0.1, 0.15) is 31.2 Å². The number of nitrogens with zero attached hydrogens (tertiary/aromatic N) is 6. The third-order valence-corrected chi connectivity index (χ3v) is 7.34. The number of nitriles is 1. The van der Waals surface area contributed by atoms with Crippen LogP contribution in [0.15, 0.2) is 0 Å². The van der Waals surface area contributed by atoms with Gasteiger partial charge in [-0.2, -0.15) is 15.2 Å². The lowest BCUT2D eigenvalue weighted by Gasteiger charge is -2.40. The predicted octanol–water partition coefficient (Wildman–Crippen LogP) is 1.82. The Morgan fingerprint density at radius 1 is 1.25 bits per heavy atom. The zero-order valence-corrected chi connectivity index (χ0v) is 18.6. The first-order chi connectivity index (χ1) is 15.5. The monoisotopic (exact) mass is 462 g/mol. The summed E-state index contributed by atoms with van der Waals surface area (Å²) in [4.78, 5) is 26.3. The molecule has 0 aromatic carbocycles. The Morgan fingerprint density at radius 2 is 1.94 bits per heavy atom. The molecule has 10 nitrogen and oxygen atoms in total. The molecule has 172 valence electrons. The van der Waals surface area contributed by atoms with Crippen LogP contribution in [-0.2, 0) is 4.74 Å². The minimum atomic E-state index is -0.891. The maximum Gasteiger partial charge on any atom is 0.407 e. The highest BCUT2D eigenvalue weighted by Gasteiger charge is 2.46. The fourth-order valence-electron chi connectivity index (χ4n) is 5.16. The third kappa shape index (κ3) is 4.17. The minimum absolute atomic E-state index is 0.0681. The summed E-state index contributed by atoms with van der Waals surface area (Å²) in [6, 6.07) is 2.06. The van der Waals surface area contributed by atoms with Gasteiger partial charge in [-0.25, -0.2) is 4.79 Å². The molecule has 11 heteroatoms. The number of piperazine rings is 1. The highest BCUT2D eigenvalue weighted by Crippen LogP contribution is 2.46. The Hall–Kier alpha value is -2.35. The molecule has 1 aromatic heterocycles. The molecule has 1 N–H and O–H groups in total. The van der Waals surface area contributed by atoms with Crippen LogP contribution in [0.5, 0.6) is 6.01 Å². The summed E-state index contributed by atoms with van der Waals surface area (Å²) in [6.45, 7) is 5.84. The Balaban J connectivity index is 1.30. The number of hydrogen-bond donors (Lipinski definition) is 1. The van der Waals surface area contributed by atoms with E-state index < -0.39 is 6.09 Å². The normalized spacial score (nSPS) is 26.6. The summed E-state index contributed by atoms with van der Waals surface area (Å²) in [6.07, 6.45) is 2.92. The maximum absolute atomic E-state index is 11.6. The number of morpholine rings is 1. The van der Waals surface area contributed by atoms with Crippen LogP contribution in [0.25, 0.3) is 0 Å². The van der Waals surface area contributed by atoms with E-state index in [9.17, 15) is 15.2 Å². The number of anilines is 1. The molecule has 1 amide bonds. The molecule has 2 bridgehead atoms. The number of carbonyl (C=O) groups is 1. The van der Waals surface area contributed by atoms with Gasteiger partial charge in [-0.1, -0.05) is 11.6 Å². The van der Waals surface area contributed by atoms with Gasteiger partial charge in [0, 0.05) is 38.1 Å². The summed E-state index contributed by atoms with van der Waals surface area (Å²) < 4.78 is 11.4. The van der Waals surface area contributed by atoms with Crippen molar-refractivity contribution in [1.82, 2.24) is 19.8 Å². The van der Waals surface area contributed by atoms with Crippen LogP contribution in [0.2, 0.25) is 5.15 Å². The molecule has 5 rings (SSSR count). The van der Waals surface area contributed by atoms with Gasteiger partial charge >= 0.3 is 12.1 Å². The largest absolute Gasteiger partial charge is 0.465 e. The first-order valence-corrected chi connectivity index (χ1v) is 11.5. The topological polar surface area (TPSA) is 115 Å². The second-order valence-corrected chi connectivity index (χ2v) is 9.62. The predicted molar refractivity (Wildman–Crippen MR) is 115 cm³/mol. The summed E-state index contributed by atoms with van der Waals surface area (Å²) in [5, 5.41) is 19.2. The highest BCUT2D eigenvalue weighted by atomic mass is 35.5. The van der Waals surface area contributed by atoms with Crippen molar-refractivity contribution in [3.05, 3.63) is 10.7 Å². The van der Waals surface area contributed by atoms with Gasteiger partial charge in [0.05, 0.1) is 31.9 Å². The molecule has 3 saturated heterocycles. The van der Waals surface area contributed by atoms with E-state index >= 15 is 0 Å². The van der Waals surface area contributed by atoms with Gasteiger partial charge in [-0.15, -0.1) is 0 Å². The van der Waals surface area contributed by atoms with Crippen molar-refractivity contribution in [2.45, 2.75) is 37.8 Å². The summed E-state index contributed by atoms with van der Waals surface area (Å²) in [7, 11) is 0. The van der Waals surface area contributed by atoms with Crippen molar-refractivity contribution in [3.63, 3.8) is 0 Å². The highest BCUT2D eigenvalue weighted by molar-refractivity contribution is 6.30. The summed E-state index contributed by atoms with van der Waals surface area (Å²) in [5.41, 5.74) is 0.310. The Kier molecular flexibility index (Phi) is 5.73. The molecule has 4 fully saturated rings. The number of carboxylic acid groups (broad SMARTS) is 1. The molecule has 1 saturated carbocycles. The van der Waals surface area contributed by atoms with E-state index in [1.807, 2.05) is 4.90 Å². The lowest BCUT2D eigenvalue weighted by Crippen LogP contribution is -2.55. The molecule has 3 aliphatic heterocycles. The van der Waals surface area contributed by atoms with Gasteiger partial charge in [-0.3, -0.25) is 9.80 Å². The van der Waals surface area contributed by atoms with Gasteiger partial charge in [0.1, 0.15) is 11.6 Å². The van der Waals surface area contributed by atoms with E-state index in [-0.39, 0.29) is 34.2 Å². The zero-order chi connectivity index (χ0) is 22.3. The molecule has 1 unspecified atom stereocenters. The number of hydrogen-bond acceptors (Lipinski definition) is 8. The van der Waals surface area contributed by atoms with Crippen LogP contribution < -0.4 is 9.64 Å². The lowest BCUT2D eigenvalue weighted by molar-refractivity contribution is 0.0231. The fourth-order valence-corrected chi connectivity index (χ4v) is 5.36. The molecule has 2 atom stereocenters. The SMILES string of the molecule is N#Cc1c(Cl)nc(OCC2(CN3CCOCC3)CC2)nc1N1CC2CC[C@@H](C1)N2C(=O)O. The van der Waals surface area contributed by atoms with E-state index in [1.165, 1.54) is 4.90 Å². The van der Waals surface area contributed by atoms with Gasteiger partial charge in [0.25, 0.3) is 0 Å². The molecule has 32 heavy (non-hydrogen) atoms. The molecule has 0 radical (unpaired) electrons. The molecule has 1 aromatic rings. The average molecular weight is 463 g/mol. The van der Waals surface area contributed by atoms with Crippen molar-refractivity contribution in [2.75, 3.05) is 57.4 Å². The van der Waals surface area contributed by atoms with E-state index in [2.05, 4.69) is 20.9 Å². The summed E-state index contributed by atoms with van der Waals surface area (Å²) in [5.74, 6) is 0.433. The summed E-state index contributed by atoms with van der Waals surface area (Å²) >= 11 is 6.34. The van der Waals surface area contributed by atoms with Crippen molar-refractivity contribution < 1.29 is 19.4 Å². The first-order valence-electron chi connectivity index (χ1n) is 11.1. The molecule has 1 aliphatic carbocycles. The average Bonchev–Trinajstić information content (AvgIpc) is 3.49. The Bertz CT molecular complexity index is 916. The Morgan fingerprint density at radius 3 is 2.53 bits per heavy atom. The Labute approximate surface area is 191 Å².